The highest BCUT2D eigenvalue weighted by Crippen LogP contribution is 2.40. The standard InChI is InChI=1S/C11H13NO2/c1-2-9(8-4-5-12-6-8)11-10(3-1)13-7-14-11/h1-3,8,12H,4-7H2. The Morgan fingerprint density at radius 3 is 3.14 bits per heavy atom. The highest BCUT2D eigenvalue weighted by atomic mass is 16.7. The molecule has 14 heavy (non-hydrogen) atoms. The molecule has 0 aromatic heterocycles. The number of hydrogen-bond acceptors (Lipinski definition) is 3. The number of rotatable bonds is 1. The fraction of sp³-hybridized carbons (Fsp3) is 0.455. The quantitative estimate of drug-likeness (QED) is 0.729. The molecule has 1 saturated heterocycles. The van der Waals surface area contributed by atoms with Gasteiger partial charge in [-0.05, 0) is 19.0 Å². The van der Waals surface area contributed by atoms with Gasteiger partial charge in [0.25, 0.3) is 0 Å². The van der Waals surface area contributed by atoms with Crippen LogP contribution in [-0.4, -0.2) is 19.9 Å². The van der Waals surface area contributed by atoms with Gasteiger partial charge >= 0.3 is 0 Å². The van der Waals surface area contributed by atoms with Crippen molar-refractivity contribution in [2.45, 2.75) is 12.3 Å². The lowest BCUT2D eigenvalue weighted by atomic mass is 9.97. The van der Waals surface area contributed by atoms with Gasteiger partial charge in [0.05, 0.1) is 0 Å². The summed E-state index contributed by atoms with van der Waals surface area (Å²) in [7, 11) is 0. The lowest BCUT2D eigenvalue weighted by molar-refractivity contribution is 0.173. The summed E-state index contributed by atoms with van der Waals surface area (Å²) in [5.74, 6) is 2.45. The average Bonchev–Trinajstić information content (AvgIpc) is 2.88. The summed E-state index contributed by atoms with van der Waals surface area (Å²) in [6.07, 6.45) is 1.19. The molecule has 74 valence electrons. The molecule has 0 aliphatic carbocycles. The first-order valence-corrected chi connectivity index (χ1v) is 5.04. The van der Waals surface area contributed by atoms with Gasteiger partial charge in [-0.2, -0.15) is 0 Å². The van der Waals surface area contributed by atoms with Crippen LogP contribution < -0.4 is 14.8 Å². The summed E-state index contributed by atoms with van der Waals surface area (Å²) >= 11 is 0. The molecule has 1 aromatic rings. The predicted octanol–water partition coefficient (Wildman–Crippen LogP) is 1.49. The van der Waals surface area contributed by atoms with Crippen LogP contribution in [0.25, 0.3) is 0 Å². The molecule has 1 atom stereocenters. The van der Waals surface area contributed by atoms with Crippen LogP contribution in [-0.2, 0) is 0 Å². The van der Waals surface area contributed by atoms with E-state index in [-0.39, 0.29) is 0 Å². The van der Waals surface area contributed by atoms with Crippen molar-refractivity contribution in [3.63, 3.8) is 0 Å². The topological polar surface area (TPSA) is 30.5 Å². The van der Waals surface area contributed by atoms with E-state index in [1.807, 2.05) is 12.1 Å². The maximum Gasteiger partial charge on any atom is 0.231 e. The first-order valence-electron chi connectivity index (χ1n) is 5.04. The molecule has 2 aliphatic rings. The molecule has 3 heteroatoms. The highest BCUT2D eigenvalue weighted by Gasteiger charge is 2.25. The Morgan fingerprint density at radius 2 is 2.29 bits per heavy atom. The second-order valence-corrected chi connectivity index (χ2v) is 3.77. The number of hydrogen-bond donors (Lipinski definition) is 1. The van der Waals surface area contributed by atoms with E-state index in [9.17, 15) is 0 Å². The molecule has 2 heterocycles. The summed E-state index contributed by atoms with van der Waals surface area (Å²) in [5.41, 5.74) is 1.30. The van der Waals surface area contributed by atoms with Crippen LogP contribution in [0.2, 0.25) is 0 Å². The number of nitrogens with one attached hydrogen (secondary N) is 1. The molecule has 3 nitrogen and oxygen atoms in total. The van der Waals surface area contributed by atoms with Gasteiger partial charge in [-0.1, -0.05) is 12.1 Å². The van der Waals surface area contributed by atoms with Gasteiger partial charge in [-0.3, -0.25) is 0 Å². The average molecular weight is 191 g/mol. The van der Waals surface area contributed by atoms with Crippen molar-refractivity contribution in [1.29, 1.82) is 0 Å². The third-order valence-corrected chi connectivity index (χ3v) is 2.93. The molecule has 3 rings (SSSR count). The van der Waals surface area contributed by atoms with Crippen molar-refractivity contribution in [3.05, 3.63) is 23.8 Å². The molecular formula is C11H13NO2. The first-order chi connectivity index (χ1) is 6.95. The molecule has 0 radical (unpaired) electrons. The van der Waals surface area contributed by atoms with Gasteiger partial charge < -0.3 is 14.8 Å². The lowest BCUT2D eigenvalue weighted by Crippen LogP contribution is -2.08. The van der Waals surface area contributed by atoms with E-state index in [1.54, 1.807) is 0 Å². The zero-order valence-corrected chi connectivity index (χ0v) is 7.95. The van der Waals surface area contributed by atoms with E-state index < -0.39 is 0 Å². The fourth-order valence-electron chi connectivity index (χ4n) is 2.19. The smallest absolute Gasteiger partial charge is 0.231 e. The Morgan fingerprint density at radius 1 is 1.29 bits per heavy atom. The van der Waals surface area contributed by atoms with Gasteiger partial charge in [-0.25, -0.2) is 0 Å². The zero-order chi connectivity index (χ0) is 9.38. The lowest BCUT2D eigenvalue weighted by Gasteiger charge is -2.11. The minimum Gasteiger partial charge on any atom is -0.454 e. The number of benzene rings is 1. The molecule has 2 aliphatic heterocycles. The number of para-hydroxylation sites is 1. The van der Waals surface area contributed by atoms with Crippen LogP contribution in [0.5, 0.6) is 11.5 Å². The third kappa shape index (κ3) is 1.16. The Kier molecular flexibility index (Phi) is 1.84. The second-order valence-electron chi connectivity index (χ2n) is 3.77. The zero-order valence-electron chi connectivity index (χ0n) is 7.95. The number of ether oxygens (including phenoxy) is 2. The minimum absolute atomic E-state index is 0.368. The van der Waals surface area contributed by atoms with E-state index in [4.69, 9.17) is 9.47 Å². The summed E-state index contributed by atoms with van der Waals surface area (Å²) in [4.78, 5) is 0. The van der Waals surface area contributed by atoms with Gasteiger partial charge in [0.1, 0.15) is 0 Å². The SMILES string of the molecule is c1cc2c(c(C3CCNC3)c1)OCO2. The second kappa shape index (κ2) is 3.17. The van der Waals surface area contributed by atoms with E-state index >= 15 is 0 Å². The Labute approximate surface area is 83.0 Å². The molecule has 1 fully saturated rings. The van der Waals surface area contributed by atoms with Crippen LogP contribution in [0.4, 0.5) is 0 Å². The van der Waals surface area contributed by atoms with Crippen LogP contribution in [0.15, 0.2) is 18.2 Å². The van der Waals surface area contributed by atoms with Crippen molar-refractivity contribution in [2.24, 2.45) is 0 Å². The highest BCUT2D eigenvalue weighted by molar-refractivity contribution is 5.50. The van der Waals surface area contributed by atoms with Gasteiger partial charge in [0.2, 0.25) is 6.79 Å². The normalized spacial score (nSPS) is 24.1. The summed E-state index contributed by atoms with van der Waals surface area (Å²) in [6.45, 7) is 2.53. The first kappa shape index (κ1) is 8.12. The van der Waals surface area contributed by atoms with Gasteiger partial charge in [0.15, 0.2) is 11.5 Å². The molecule has 1 N–H and O–H groups in total. The van der Waals surface area contributed by atoms with Crippen molar-refractivity contribution in [2.75, 3.05) is 19.9 Å². The third-order valence-electron chi connectivity index (χ3n) is 2.93. The van der Waals surface area contributed by atoms with Crippen LogP contribution in [0.1, 0.15) is 17.9 Å². The molecule has 0 saturated carbocycles. The van der Waals surface area contributed by atoms with E-state index in [0.717, 1.165) is 24.6 Å². The summed E-state index contributed by atoms with van der Waals surface area (Å²) < 4.78 is 10.8. The fourth-order valence-corrected chi connectivity index (χ4v) is 2.19. The predicted molar refractivity (Wildman–Crippen MR) is 52.8 cm³/mol. The molecule has 1 unspecified atom stereocenters. The van der Waals surface area contributed by atoms with Crippen molar-refractivity contribution in [1.82, 2.24) is 5.32 Å². The van der Waals surface area contributed by atoms with Crippen LogP contribution in [0.3, 0.4) is 0 Å². The van der Waals surface area contributed by atoms with Gasteiger partial charge in [0, 0.05) is 18.0 Å². The largest absolute Gasteiger partial charge is 0.454 e. The molecule has 0 spiro atoms. The summed E-state index contributed by atoms with van der Waals surface area (Å²) in [5, 5.41) is 3.37. The minimum atomic E-state index is 0.368. The van der Waals surface area contributed by atoms with Crippen molar-refractivity contribution < 1.29 is 9.47 Å². The maximum absolute atomic E-state index is 5.49. The van der Waals surface area contributed by atoms with Crippen molar-refractivity contribution >= 4 is 0 Å². The maximum atomic E-state index is 5.49. The Bertz CT molecular complexity index is 345. The summed E-state index contributed by atoms with van der Waals surface area (Å²) in [6, 6.07) is 6.15. The van der Waals surface area contributed by atoms with Gasteiger partial charge in [-0.15, -0.1) is 0 Å². The van der Waals surface area contributed by atoms with Crippen LogP contribution in [0, 0.1) is 0 Å². The molecular weight excluding hydrogens is 178 g/mol. The molecule has 1 aromatic carbocycles. The van der Waals surface area contributed by atoms with E-state index in [0.29, 0.717) is 12.7 Å². The molecule has 0 bridgehead atoms. The Hall–Kier alpha value is -1.22. The van der Waals surface area contributed by atoms with Crippen molar-refractivity contribution in [3.8, 4) is 11.5 Å². The Balaban J connectivity index is 2.00. The van der Waals surface area contributed by atoms with E-state index in [1.165, 1.54) is 12.0 Å². The van der Waals surface area contributed by atoms with E-state index in [2.05, 4.69) is 11.4 Å². The molecule has 0 amide bonds. The van der Waals surface area contributed by atoms with Crippen LogP contribution >= 0.6 is 0 Å². The monoisotopic (exact) mass is 191 g/mol. The number of fused-ring (bicyclic) bond motifs is 1.